The predicted octanol–water partition coefficient (Wildman–Crippen LogP) is 3.73. The van der Waals surface area contributed by atoms with Crippen LogP contribution in [0.1, 0.15) is 0 Å². The topological polar surface area (TPSA) is 22.3 Å². The fourth-order valence-corrected chi connectivity index (χ4v) is 2.40. The van der Waals surface area contributed by atoms with E-state index >= 15 is 0 Å². The molecule has 1 heterocycles. The van der Waals surface area contributed by atoms with Crippen molar-refractivity contribution in [3.05, 3.63) is 79.1 Å². The van der Waals surface area contributed by atoms with Crippen molar-refractivity contribution in [2.24, 2.45) is 0 Å². The third-order valence-corrected chi connectivity index (χ3v) is 3.64. The molecule has 0 saturated carbocycles. The van der Waals surface area contributed by atoms with Gasteiger partial charge in [0.1, 0.15) is 18.1 Å². The van der Waals surface area contributed by atoms with Gasteiger partial charge in [0, 0.05) is 11.6 Å². The number of hydrogen-bond donors (Lipinski definition) is 0. The average Bonchev–Trinajstić information content (AvgIpc) is 2.63. The second kappa shape index (κ2) is 7.45. The van der Waals surface area contributed by atoms with Crippen LogP contribution in [-0.4, -0.2) is 13.7 Å². The van der Waals surface area contributed by atoms with Crippen LogP contribution in [-0.2, 0) is 6.54 Å². The molecule has 3 heteroatoms. The van der Waals surface area contributed by atoms with Gasteiger partial charge >= 0.3 is 0 Å². The molecule has 23 heavy (non-hydrogen) atoms. The molecule has 3 rings (SSSR count). The molecule has 0 aliphatic heterocycles. The monoisotopic (exact) mass is 306 g/mol. The Labute approximate surface area is 136 Å². The number of rotatable bonds is 6. The van der Waals surface area contributed by atoms with Crippen LogP contribution in [0.5, 0.6) is 11.5 Å². The summed E-state index contributed by atoms with van der Waals surface area (Å²) in [4.78, 5) is 0. The Hall–Kier alpha value is -2.81. The standard InChI is InChI=1S/C20H20NO2/c1-22-19-9-11-20(12-10-19)23-15-14-21-13-5-8-18(16-21)17-6-3-2-4-7-17/h2-13,16H,14-15H2,1H3/q+1. The molecule has 0 amide bonds. The zero-order chi connectivity index (χ0) is 15.9. The molecular formula is C20H20NO2+. The van der Waals surface area contributed by atoms with Crippen molar-refractivity contribution in [2.45, 2.75) is 6.54 Å². The van der Waals surface area contributed by atoms with Crippen molar-refractivity contribution in [3.63, 3.8) is 0 Å². The van der Waals surface area contributed by atoms with Crippen molar-refractivity contribution < 1.29 is 14.0 Å². The van der Waals surface area contributed by atoms with E-state index in [-0.39, 0.29) is 0 Å². The van der Waals surface area contributed by atoms with Crippen LogP contribution in [0.15, 0.2) is 79.1 Å². The number of pyridine rings is 1. The molecule has 0 spiro atoms. The number of aromatic nitrogens is 1. The molecule has 0 fully saturated rings. The van der Waals surface area contributed by atoms with Gasteiger partial charge in [-0.15, -0.1) is 0 Å². The van der Waals surface area contributed by atoms with Gasteiger partial charge in [0.05, 0.1) is 7.11 Å². The molecule has 2 aromatic carbocycles. The third kappa shape index (κ3) is 4.10. The normalized spacial score (nSPS) is 10.3. The van der Waals surface area contributed by atoms with Gasteiger partial charge in [-0.25, -0.2) is 4.57 Å². The molecule has 0 radical (unpaired) electrons. The second-order valence-electron chi connectivity index (χ2n) is 5.22. The number of hydrogen-bond acceptors (Lipinski definition) is 2. The summed E-state index contributed by atoms with van der Waals surface area (Å²) in [5, 5.41) is 0. The summed E-state index contributed by atoms with van der Waals surface area (Å²) < 4.78 is 13.1. The number of benzene rings is 2. The van der Waals surface area contributed by atoms with Crippen molar-refractivity contribution in [3.8, 4) is 22.6 Å². The summed E-state index contributed by atoms with van der Waals surface area (Å²) >= 11 is 0. The summed E-state index contributed by atoms with van der Waals surface area (Å²) in [5.41, 5.74) is 2.43. The van der Waals surface area contributed by atoms with Gasteiger partial charge in [-0.2, -0.15) is 0 Å². The van der Waals surface area contributed by atoms with Gasteiger partial charge in [-0.1, -0.05) is 30.3 Å². The molecule has 116 valence electrons. The van der Waals surface area contributed by atoms with Gasteiger partial charge < -0.3 is 9.47 Å². The van der Waals surface area contributed by atoms with Gasteiger partial charge in [-0.3, -0.25) is 0 Å². The lowest BCUT2D eigenvalue weighted by Crippen LogP contribution is -2.35. The van der Waals surface area contributed by atoms with Gasteiger partial charge in [0.2, 0.25) is 0 Å². The minimum absolute atomic E-state index is 0.620. The number of methoxy groups -OCH3 is 1. The Morgan fingerprint density at radius 1 is 0.783 bits per heavy atom. The number of nitrogens with zero attached hydrogens (tertiary/aromatic N) is 1. The summed E-state index contributed by atoms with van der Waals surface area (Å²) in [6.07, 6.45) is 4.20. The van der Waals surface area contributed by atoms with Crippen LogP contribution in [0.2, 0.25) is 0 Å². The molecule has 0 unspecified atom stereocenters. The quantitative estimate of drug-likeness (QED) is 0.648. The summed E-state index contributed by atoms with van der Waals surface area (Å²) in [5.74, 6) is 1.69. The summed E-state index contributed by atoms with van der Waals surface area (Å²) in [7, 11) is 1.66. The maximum absolute atomic E-state index is 5.78. The van der Waals surface area contributed by atoms with Crippen LogP contribution in [0.25, 0.3) is 11.1 Å². The lowest BCUT2D eigenvalue weighted by Gasteiger charge is -2.06. The fourth-order valence-electron chi connectivity index (χ4n) is 2.40. The van der Waals surface area contributed by atoms with E-state index in [1.165, 1.54) is 11.1 Å². The van der Waals surface area contributed by atoms with E-state index in [2.05, 4.69) is 53.4 Å². The summed E-state index contributed by atoms with van der Waals surface area (Å²) in [6, 6.07) is 22.2. The van der Waals surface area contributed by atoms with Crippen LogP contribution in [0.4, 0.5) is 0 Å². The Bertz CT molecular complexity index is 739. The Balaban J connectivity index is 1.60. The van der Waals surface area contributed by atoms with Crippen molar-refractivity contribution in [1.82, 2.24) is 0 Å². The minimum atomic E-state index is 0.620. The average molecular weight is 306 g/mol. The molecule has 0 bridgehead atoms. The SMILES string of the molecule is COc1ccc(OCC[n+]2cccc(-c3ccccc3)c2)cc1. The Morgan fingerprint density at radius 2 is 1.48 bits per heavy atom. The van der Waals surface area contributed by atoms with Crippen LogP contribution >= 0.6 is 0 Å². The van der Waals surface area contributed by atoms with Crippen LogP contribution in [0, 0.1) is 0 Å². The van der Waals surface area contributed by atoms with Gasteiger partial charge in [0.25, 0.3) is 0 Å². The maximum Gasteiger partial charge on any atom is 0.182 e. The lowest BCUT2D eigenvalue weighted by molar-refractivity contribution is -0.697. The first kappa shape index (κ1) is 15.1. The highest BCUT2D eigenvalue weighted by Gasteiger charge is 2.05. The minimum Gasteiger partial charge on any atom is -0.497 e. The van der Waals surface area contributed by atoms with Crippen molar-refractivity contribution in [1.29, 1.82) is 0 Å². The molecule has 3 aromatic rings. The van der Waals surface area contributed by atoms with Gasteiger partial charge in [0.15, 0.2) is 18.9 Å². The third-order valence-electron chi connectivity index (χ3n) is 3.64. The molecule has 0 saturated heterocycles. The van der Waals surface area contributed by atoms with Crippen LogP contribution in [0.3, 0.4) is 0 Å². The van der Waals surface area contributed by atoms with E-state index in [0.29, 0.717) is 6.61 Å². The number of ether oxygens (including phenoxy) is 2. The van der Waals surface area contributed by atoms with E-state index < -0.39 is 0 Å². The van der Waals surface area contributed by atoms with E-state index in [0.717, 1.165) is 18.0 Å². The Morgan fingerprint density at radius 3 is 2.22 bits per heavy atom. The zero-order valence-electron chi connectivity index (χ0n) is 13.2. The summed E-state index contributed by atoms with van der Waals surface area (Å²) in [6.45, 7) is 1.42. The molecule has 0 N–H and O–H groups in total. The second-order valence-corrected chi connectivity index (χ2v) is 5.22. The first-order valence-electron chi connectivity index (χ1n) is 7.66. The van der Waals surface area contributed by atoms with Crippen molar-refractivity contribution >= 4 is 0 Å². The fraction of sp³-hybridized carbons (Fsp3) is 0.150. The van der Waals surface area contributed by atoms with Gasteiger partial charge in [-0.05, 0) is 35.9 Å². The maximum atomic E-state index is 5.78. The molecule has 0 aliphatic rings. The molecule has 3 nitrogen and oxygen atoms in total. The first-order valence-corrected chi connectivity index (χ1v) is 7.66. The zero-order valence-corrected chi connectivity index (χ0v) is 13.2. The molecule has 1 aromatic heterocycles. The van der Waals surface area contributed by atoms with E-state index in [1.807, 2.05) is 30.3 Å². The predicted molar refractivity (Wildman–Crippen MR) is 90.6 cm³/mol. The largest absolute Gasteiger partial charge is 0.497 e. The lowest BCUT2D eigenvalue weighted by atomic mass is 10.1. The van der Waals surface area contributed by atoms with E-state index in [9.17, 15) is 0 Å². The van der Waals surface area contributed by atoms with E-state index in [1.54, 1.807) is 7.11 Å². The molecule has 0 atom stereocenters. The molecule has 0 aliphatic carbocycles. The first-order chi connectivity index (χ1) is 11.3. The van der Waals surface area contributed by atoms with Crippen LogP contribution < -0.4 is 14.0 Å². The Kier molecular flexibility index (Phi) is 4.89. The highest BCUT2D eigenvalue weighted by Crippen LogP contribution is 2.17. The highest BCUT2D eigenvalue weighted by atomic mass is 16.5. The highest BCUT2D eigenvalue weighted by molar-refractivity contribution is 5.61. The van der Waals surface area contributed by atoms with Crippen molar-refractivity contribution in [2.75, 3.05) is 13.7 Å². The van der Waals surface area contributed by atoms with E-state index in [4.69, 9.17) is 9.47 Å². The smallest absolute Gasteiger partial charge is 0.182 e. The molecular weight excluding hydrogens is 286 g/mol.